The van der Waals surface area contributed by atoms with E-state index in [9.17, 15) is 5.11 Å². The molecular formula is C11H26O4SSi. The van der Waals surface area contributed by atoms with Gasteiger partial charge < -0.3 is 18.4 Å². The Morgan fingerprint density at radius 3 is 1.71 bits per heavy atom. The second kappa shape index (κ2) is 9.35. The molecule has 0 radical (unpaired) electrons. The van der Waals surface area contributed by atoms with E-state index in [4.69, 9.17) is 13.3 Å². The average Bonchev–Trinajstić information content (AvgIpc) is 2.26. The molecule has 0 aromatic rings. The second-order valence-corrected chi connectivity index (χ2v) is 7.64. The quantitative estimate of drug-likeness (QED) is 0.476. The summed E-state index contributed by atoms with van der Waals surface area (Å²) < 4.78 is 17.3. The van der Waals surface area contributed by atoms with Crippen molar-refractivity contribution in [3.05, 3.63) is 0 Å². The lowest BCUT2D eigenvalue weighted by Crippen LogP contribution is -2.52. The standard InChI is InChI=1S/C11H26O4SSi/c1-5-13-17(14-6-2,15-7-3)11(9-12)8-10(4)16/h10-12,16H,5-9H2,1-4H3. The lowest BCUT2D eigenvalue weighted by molar-refractivity contribution is 0.0516. The first-order valence-corrected chi connectivity index (χ1v) is 8.58. The Labute approximate surface area is 111 Å². The number of thiol groups is 1. The van der Waals surface area contributed by atoms with Gasteiger partial charge in [0.05, 0.1) is 12.1 Å². The zero-order chi connectivity index (χ0) is 13.3. The molecule has 0 saturated carbocycles. The molecule has 0 spiro atoms. The molecule has 0 fully saturated rings. The number of aliphatic hydroxyl groups is 1. The number of aliphatic hydroxyl groups excluding tert-OH is 1. The van der Waals surface area contributed by atoms with Gasteiger partial charge in [-0.2, -0.15) is 12.6 Å². The van der Waals surface area contributed by atoms with Gasteiger partial charge in [0, 0.05) is 19.8 Å². The Hall–Kier alpha value is 0.407. The lowest BCUT2D eigenvalue weighted by Gasteiger charge is -2.35. The summed E-state index contributed by atoms with van der Waals surface area (Å²) in [6.45, 7) is 9.35. The van der Waals surface area contributed by atoms with E-state index in [1.165, 1.54) is 0 Å². The van der Waals surface area contributed by atoms with Gasteiger partial charge in [-0.05, 0) is 32.4 Å². The molecule has 0 aromatic heterocycles. The monoisotopic (exact) mass is 282 g/mol. The molecule has 0 bridgehead atoms. The van der Waals surface area contributed by atoms with Crippen LogP contribution in [0.5, 0.6) is 0 Å². The van der Waals surface area contributed by atoms with Gasteiger partial charge in [0.25, 0.3) is 0 Å². The van der Waals surface area contributed by atoms with Crippen molar-refractivity contribution in [1.29, 1.82) is 0 Å². The van der Waals surface area contributed by atoms with Gasteiger partial charge in [0.15, 0.2) is 0 Å². The summed E-state index contributed by atoms with van der Waals surface area (Å²) >= 11 is 4.37. The minimum absolute atomic E-state index is 0.0110. The van der Waals surface area contributed by atoms with Crippen molar-refractivity contribution in [1.82, 2.24) is 0 Å². The molecule has 0 aliphatic rings. The molecular weight excluding hydrogens is 256 g/mol. The molecule has 0 aliphatic carbocycles. The average molecular weight is 282 g/mol. The smallest absolute Gasteiger partial charge is 0.396 e. The van der Waals surface area contributed by atoms with Gasteiger partial charge in [-0.3, -0.25) is 0 Å². The van der Waals surface area contributed by atoms with Gasteiger partial charge in [0.1, 0.15) is 0 Å². The van der Waals surface area contributed by atoms with E-state index in [-0.39, 0.29) is 17.4 Å². The molecule has 2 atom stereocenters. The summed E-state index contributed by atoms with van der Waals surface area (Å²) in [5, 5.41) is 9.73. The highest BCUT2D eigenvalue weighted by Crippen LogP contribution is 2.31. The number of hydrogen-bond acceptors (Lipinski definition) is 5. The molecule has 0 aliphatic heterocycles. The largest absolute Gasteiger partial charge is 0.506 e. The zero-order valence-corrected chi connectivity index (χ0v) is 13.2. The van der Waals surface area contributed by atoms with Crippen LogP contribution in [0.15, 0.2) is 0 Å². The van der Waals surface area contributed by atoms with Crippen LogP contribution in [-0.4, -0.2) is 45.6 Å². The van der Waals surface area contributed by atoms with E-state index >= 15 is 0 Å². The van der Waals surface area contributed by atoms with Crippen LogP contribution in [0.4, 0.5) is 0 Å². The minimum Gasteiger partial charge on any atom is -0.396 e. The Morgan fingerprint density at radius 2 is 1.47 bits per heavy atom. The van der Waals surface area contributed by atoms with Crippen LogP contribution < -0.4 is 0 Å². The van der Waals surface area contributed by atoms with Gasteiger partial charge in [-0.25, -0.2) is 0 Å². The van der Waals surface area contributed by atoms with Crippen LogP contribution in [-0.2, 0) is 13.3 Å². The lowest BCUT2D eigenvalue weighted by atomic mass is 10.2. The Kier molecular flexibility index (Phi) is 9.58. The first kappa shape index (κ1) is 17.4. The SMILES string of the molecule is CCO[Si](OCC)(OCC)C(CO)CC(C)S. The summed E-state index contributed by atoms with van der Waals surface area (Å²) in [6, 6.07) is 0. The van der Waals surface area contributed by atoms with E-state index in [0.717, 1.165) is 6.42 Å². The Bertz CT molecular complexity index is 175. The molecule has 0 amide bonds. The normalized spacial score (nSPS) is 15.9. The van der Waals surface area contributed by atoms with Crippen LogP contribution in [0.2, 0.25) is 5.54 Å². The Morgan fingerprint density at radius 1 is 1.06 bits per heavy atom. The van der Waals surface area contributed by atoms with Crippen molar-refractivity contribution in [2.75, 3.05) is 26.4 Å². The molecule has 4 nitrogen and oxygen atoms in total. The van der Waals surface area contributed by atoms with E-state index in [1.54, 1.807) is 0 Å². The third-order valence-electron chi connectivity index (χ3n) is 2.38. The van der Waals surface area contributed by atoms with Gasteiger partial charge >= 0.3 is 8.80 Å². The van der Waals surface area contributed by atoms with Crippen molar-refractivity contribution in [3.8, 4) is 0 Å². The third kappa shape index (κ3) is 5.72. The van der Waals surface area contributed by atoms with Gasteiger partial charge in [-0.1, -0.05) is 6.92 Å². The number of rotatable bonds is 10. The van der Waals surface area contributed by atoms with E-state index in [0.29, 0.717) is 19.8 Å². The minimum atomic E-state index is -2.79. The topological polar surface area (TPSA) is 47.9 Å². The van der Waals surface area contributed by atoms with Crippen molar-refractivity contribution in [3.63, 3.8) is 0 Å². The van der Waals surface area contributed by atoms with E-state index in [2.05, 4.69) is 12.6 Å². The maximum atomic E-state index is 9.55. The van der Waals surface area contributed by atoms with Crippen LogP contribution in [0, 0.1) is 0 Å². The van der Waals surface area contributed by atoms with E-state index in [1.807, 2.05) is 27.7 Å². The van der Waals surface area contributed by atoms with Crippen LogP contribution in [0.1, 0.15) is 34.1 Å². The first-order valence-electron chi connectivity index (χ1n) is 6.26. The fraction of sp³-hybridized carbons (Fsp3) is 1.00. The van der Waals surface area contributed by atoms with Crippen LogP contribution >= 0.6 is 12.6 Å². The summed E-state index contributed by atoms with van der Waals surface area (Å²) in [6.07, 6.45) is 0.728. The molecule has 0 heterocycles. The Balaban J connectivity index is 4.89. The molecule has 6 heteroatoms. The fourth-order valence-electron chi connectivity index (χ4n) is 1.82. The highest BCUT2D eigenvalue weighted by molar-refractivity contribution is 7.80. The van der Waals surface area contributed by atoms with Crippen molar-refractivity contribution >= 4 is 21.4 Å². The third-order valence-corrected chi connectivity index (χ3v) is 6.08. The van der Waals surface area contributed by atoms with Crippen LogP contribution in [0.25, 0.3) is 0 Å². The summed E-state index contributed by atoms with van der Waals surface area (Å²) in [5.74, 6) is 0. The second-order valence-electron chi connectivity index (χ2n) is 3.87. The van der Waals surface area contributed by atoms with Crippen molar-refractivity contribution in [2.45, 2.75) is 44.9 Å². The highest BCUT2D eigenvalue weighted by atomic mass is 32.1. The first-order chi connectivity index (χ1) is 8.06. The predicted octanol–water partition coefficient (Wildman–Crippen LogP) is 2.11. The summed E-state index contributed by atoms with van der Waals surface area (Å²) in [5.41, 5.74) is -0.102. The maximum absolute atomic E-state index is 9.55. The summed E-state index contributed by atoms with van der Waals surface area (Å²) in [7, 11) is -2.79. The molecule has 1 N–H and O–H groups in total. The number of hydrogen-bond donors (Lipinski definition) is 2. The van der Waals surface area contributed by atoms with Crippen molar-refractivity contribution in [2.24, 2.45) is 0 Å². The van der Waals surface area contributed by atoms with Crippen LogP contribution in [0.3, 0.4) is 0 Å². The molecule has 104 valence electrons. The van der Waals surface area contributed by atoms with Gasteiger partial charge in [-0.15, -0.1) is 0 Å². The zero-order valence-electron chi connectivity index (χ0n) is 11.3. The molecule has 0 aromatic carbocycles. The predicted molar refractivity (Wildman–Crippen MR) is 74.5 cm³/mol. The molecule has 0 rings (SSSR count). The van der Waals surface area contributed by atoms with E-state index < -0.39 is 8.80 Å². The van der Waals surface area contributed by atoms with Gasteiger partial charge in [0.2, 0.25) is 0 Å². The maximum Gasteiger partial charge on any atom is 0.506 e. The molecule has 17 heavy (non-hydrogen) atoms. The highest BCUT2D eigenvalue weighted by Gasteiger charge is 2.48. The molecule has 2 unspecified atom stereocenters. The fourth-order valence-corrected chi connectivity index (χ4v) is 5.31. The summed E-state index contributed by atoms with van der Waals surface area (Å²) in [4.78, 5) is 0. The van der Waals surface area contributed by atoms with Crippen molar-refractivity contribution < 1.29 is 18.4 Å². The molecule has 0 saturated heterocycles.